The van der Waals surface area contributed by atoms with Crippen molar-refractivity contribution in [3.8, 4) is 11.3 Å². The third-order valence-corrected chi connectivity index (χ3v) is 5.55. The van der Waals surface area contributed by atoms with Crippen molar-refractivity contribution in [1.29, 1.82) is 0 Å². The molecule has 9 nitrogen and oxygen atoms in total. The van der Waals surface area contributed by atoms with E-state index < -0.39 is 5.60 Å². The number of carbonyl (C=O) groups is 1. The van der Waals surface area contributed by atoms with E-state index in [1.54, 1.807) is 23.4 Å². The van der Waals surface area contributed by atoms with Gasteiger partial charge in [0.15, 0.2) is 5.65 Å². The van der Waals surface area contributed by atoms with Crippen molar-refractivity contribution in [3.05, 3.63) is 42.3 Å². The van der Waals surface area contributed by atoms with E-state index in [0.29, 0.717) is 18.8 Å². The standard InChI is InChI=1S/C22H25N5O4S/c1-22(2,3)31-21(28)26-7-5-6-14(11-26)17-12-27-18(10-23-19(27)20(25-17)32-4)15-8-16(9-24-29)30-13-15/h6,8-10,12-13,29H,5,7,11H2,1-4H3/b24-9+. The van der Waals surface area contributed by atoms with Crippen LogP contribution in [-0.2, 0) is 4.74 Å². The van der Waals surface area contributed by atoms with Gasteiger partial charge in [0.05, 0.1) is 24.1 Å². The molecular formula is C22H25N5O4S. The second kappa shape index (κ2) is 8.70. The minimum atomic E-state index is -0.544. The monoisotopic (exact) mass is 455 g/mol. The molecule has 0 fully saturated rings. The van der Waals surface area contributed by atoms with Gasteiger partial charge >= 0.3 is 6.09 Å². The summed E-state index contributed by atoms with van der Waals surface area (Å²) < 4.78 is 12.9. The van der Waals surface area contributed by atoms with Gasteiger partial charge in [-0.25, -0.2) is 14.8 Å². The van der Waals surface area contributed by atoms with E-state index in [1.165, 1.54) is 18.0 Å². The molecule has 0 saturated carbocycles. The van der Waals surface area contributed by atoms with Crippen molar-refractivity contribution in [1.82, 2.24) is 19.3 Å². The summed E-state index contributed by atoms with van der Waals surface area (Å²) in [5, 5.41) is 12.5. The Bertz CT molecular complexity index is 1200. The van der Waals surface area contributed by atoms with Crippen molar-refractivity contribution >= 4 is 35.3 Å². The third-order valence-electron chi connectivity index (χ3n) is 4.89. The first kappa shape index (κ1) is 21.9. The molecular weight excluding hydrogens is 430 g/mol. The SMILES string of the molecule is CSc1nc(C2=CCCN(C(=O)OC(C)(C)C)C2)cn2c(-c3coc(/C=N/O)c3)cnc12. The van der Waals surface area contributed by atoms with Crippen molar-refractivity contribution in [2.45, 2.75) is 37.8 Å². The number of ether oxygens (including phenoxy) is 1. The van der Waals surface area contributed by atoms with Gasteiger partial charge in [0, 0.05) is 18.3 Å². The molecule has 168 valence electrons. The van der Waals surface area contributed by atoms with Crippen LogP contribution in [0.1, 0.15) is 38.6 Å². The van der Waals surface area contributed by atoms with Crippen LogP contribution in [0.5, 0.6) is 0 Å². The highest BCUT2D eigenvalue weighted by atomic mass is 32.2. The van der Waals surface area contributed by atoms with E-state index in [2.05, 4.69) is 16.2 Å². The van der Waals surface area contributed by atoms with Crippen LogP contribution in [-0.4, -0.2) is 61.7 Å². The average molecular weight is 456 g/mol. The van der Waals surface area contributed by atoms with Crippen LogP contribution in [0.25, 0.3) is 22.5 Å². The number of thioether (sulfide) groups is 1. The summed E-state index contributed by atoms with van der Waals surface area (Å²) >= 11 is 1.51. The molecule has 3 aromatic rings. The lowest BCUT2D eigenvalue weighted by Crippen LogP contribution is -2.39. The molecule has 0 saturated heterocycles. The van der Waals surface area contributed by atoms with Crippen LogP contribution in [0.4, 0.5) is 4.79 Å². The number of aromatic nitrogens is 3. The fourth-order valence-electron chi connectivity index (χ4n) is 3.49. The minimum Gasteiger partial charge on any atom is -0.463 e. The molecule has 0 aromatic carbocycles. The predicted molar refractivity (Wildman–Crippen MR) is 122 cm³/mol. The van der Waals surface area contributed by atoms with Gasteiger partial charge in [0.25, 0.3) is 0 Å². The molecule has 1 amide bonds. The van der Waals surface area contributed by atoms with Crippen molar-refractivity contribution in [3.63, 3.8) is 0 Å². The Morgan fingerprint density at radius 3 is 2.94 bits per heavy atom. The number of hydrogen-bond acceptors (Lipinski definition) is 8. The maximum Gasteiger partial charge on any atom is 0.410 e. The number of rotatable bonds is 4. The zero-order chi connectivity index (χ0) is 22.9. The summed E-state index contributed by atoms with van der Waals surface area (Å²) in [4.78, 5) is 23.6. The van der Waals surface area contributed by atoms with Gasteiger partial charge in [-0.1, -0.05) is 11.2 Å². The number of carbonyl (C=O) groups excluding carboxylic acids is 1. The number of nitrogens with zero attached hydrogens (tertiary/aromatic N) is 5. The Kier molecular flexibility index (Phi) is 5.96. The molecule has 10 heteroatoms. The van der Waals surface area contributed by atoms with Gasteiger partial charge in [0.2, 0.25) is 0 Å². The van der Waals surface area contributed by atoms with Crippen LogP contribution >= 0.6 is 11.8 Å². The summed E-state index contributed by atoms with van der Waals surface area (Å²) in [6.45, 7) is 6.62. The number of hydrogen-bond donors (Lipinski definition) is 1. The second-order valence-corrected chi connectivity index (χ2v) is 9.17. The lowest BCUT2D eigenvalue weighted by atomic mass is 10.1. The molecule has 0 atom stereocenters. The van der Waals surface area contributed by atoms with Gasteiger partial charge in [-0.2, -0.15) is 0 Å². The van der Waals surface area contributed by atoms with Gasteiger partial charge < -0.3 is 19.3 Å². The molecule has 0 bridgehead atoms. The highest BCUT2D eigenvalue weighted by Gasteiger charge is 2.26. The third kappa shape index (κ3) is 4.50. The summed E-state index contributed by atoms with van der Waals surface area (Å²) in [6, 6.07) is 1.77. The molecule has 1 aliphatic heterocycles. The number of amides is 1. The molecule has 3 aromatic heterocycles. The molecule has 0 radical (unpaired) electrons. The maximum absolute atomic E-state index is 12.6. The number of fused-ring (bicyclic) bond motifs is 1. The lowest BCUT2D eigenvalue weighted by molar-refractivity contribution is 0.0273. The largest absolute Gasteiger partial charge is 0.463 e. The van der Waals surface area contributed by atoms with Gasteiger partial charge in [-0.15, -0.1) is 11.8 Å². The molecule has 1 aliphatic rings. The van der Waals surface area contributed by atoms with Gasteiger partial charge in [-0.3, -0.25) is 4.40 Å². The van der Waals surface area contributed by atoms with E-state index >= 15 is 0 Å². The van der Waals surface area contributed by atoms with E-state index in [0.717, 1.165) is 39.6 Å². The Labute approximate surface area is 189 Å². The first-order valence-electron chi connectivity index (χ1n) is 10.1. The average Bonchev–Trinajstić information content (AvgIpc) is 3.39. The predicted octanol–water partition coefficient (Wildman–Crippen LogP) is 4.54. The zero-order valence-corrected chi connectivity index (χ0v) is 19.2. The molecule has 4 heterocycles. The topological polar surface area (TPSA) is 105 Å². The van der Waals surface area contributed by atoms with E-state index in [1.807, 2.05) is 37.6 Å². The van der Waals surface area contributed by atoms with Crippen LogP contribution < -0.4 is 0 Å². The smallest absolute Gasteiger partial charge is 0.410 e. The quantitative estimate of drug-likeness (QED) is 0.266. The molecule has 0 aliphatic carbocycles. The highest BCUT2D eigenvalue weighted by Crippen LogP contribution is 2.30. The fourth-order valence-corrected chi connectivity index (χ4v) is 4.01. The van der Waals surface area contributed by atoms with Gasteiger partial charge in [-0.05, 0) is 45.1 Å². The second-order valence-electron chi connectivity index (χ2n) is 8.37. The summed E-state index contributed by atoms with van der Waals surface area (Å²) in [6.07, 6.45) is 11.0. The van der Waals surface area contributed by atoms with E-state index in [4.69, 9.17) is 19.3 Å². The van der Waals surface area contributed by atoms with Crippen LogP contribution in [0.3, 0.4) is 0 Å². The zero-order valence-electron chi connectivity index (χ0n) is 18.4. The van der Waals surface area contributed by atoms with Crippen LogP contribution in [0, 0.1) is 0 Å². The molecule has 1 N–H and O–H groups in total. The maximum atomic E-state index is 12.6. The summed E-state index contributed by atoms with van der Waals surface area (Å²) in [5.41, 5.74) is 3.53. The van der Waals surface area contributed by atoms with Gasteiger partial charge in [0.1, 0.15) is 28.9 Å². The Hall–Kier alpha value is -3.27. The van der Waals surface area contributed by atoms with E-state index in [9.17, 15) is 4.79 Å². The van der Waals surface area contributed by atoms with Crippen LogP contribution in [0.15, 0.2) is 45.4 Å². The number of imidazole rings is 1. The lowest BCUT2D eigenvalue weighted by Gasteiger charge is -2.30. The summed E-state index contributed by atoms with van der Waals surface area (Å²) in [7, 11) is 0. The van der Waals surface area contributed by atoms with Crippen molar-refractivity contribution < 1.29 is 19.2 Å². The molecule has 32 heavy (non-hydrogen) atoms. The first-order valence-corrected chi connectivity index (χ1v) is 11.4. The Morgan fingerprint density at radius 1 is 1.41 bits per heavy atom. The van der Waals surface area contributed by atoms with Crippen LogP contribution in [0.2, 0.25) is 0 Å². The van der Waals surface area contributed by atoms with Crippen molar-refractivity contribution in [2.24, 2.45) is 5.16 Å². The molecule has 0 spiro atoms. The number of furan rings is 1. The Balaban J connectivity index is 1.70. The van der Waals surface area contributed by atoms with Crippen molar-refractivity contribution in [2.75, 3.05) is 19.3 Å². The first-order chi connectivity index (χ1) is 15.3. The highest BCUT2D eigenvalue weighted by molar-refractivity contribution is 7.98. The fraction of sp³-hybridized carbons (Fsp3) is 0.364. The number of oxime groups is 1. The Morgan fingerprint density at radius 2 is 2.22 bits per heavy atom. The van der Waals surface area contributed by atoms with E-state index in [-0.39, 0.29) is 6.09 Å². The normalized spacial score (nSPS) is 14.9. The summed E-state index contributed by atoms with van der Waals surface area (Å²) in [5.74, 6) is 0.430. The molecule has 4 rings (SSSR count). The molecule has 0 unspecified atom stereocenters. The minimum absolute atomic E-state index is 0.325.